The molecule has 0 heterocycles. The van der Waals surface area contributed by atoms with Gasteiger partial charge in [0.15, 0.2) is 0 Å². The first kappa shape index (κ1) is 12.1. The summed E-state index contributed by atoms with van der Waals surface area (Å²) in [6, 6.07) is 0. The molecule has 0 N–H and O–H groups in total. The highest BCUT2D eigenvalue weighted by molar-refractivity contribution is 5.59. The van der Waals surface area contributed by atoms with E-state index in [1.807, 2.05) is 0 Å². The summed E-state index contributed by atoms with van der Waals surface area (Å²) in [6.07, 6.45) is 7.90. The summed E-state index contributed by atoms with van der Waals surface area (Å²) < 4.78 is 0. The van der Waals surface area contributed by atoms with Gasteiger partial charge in [-0.2, -0.15) is 0 Å². The number of hydrogen-bond acceptors (Lipinski definition) is 1. The third-order valence-electron chi connectivity index (χ3n) is 5.67. The molecule has 0 aliphatic heterocycles. The Morgan fingerprint density at radius 1 is 1.25 bits per heavy atom. The molecule has 2 saturated carbocycles. The van der Waals surface area contributed by atoms with E-state index >= 15 is 0 Å². The first-order valence-corrected chi connectivity index (χ1v) is 6.88. The molecule has 2 aliphatic rings. The van der Waals surface area contributed by atoms with Crippen LogP contribution < -0.4 is 0 Å². The summed E-state index contributed by atoms with van der Waals surface area (Å²) in [5, 5.41) is 0. The Labute approximate surface area is 100.0 Å². The molecule has 0 aromatic heterocycles. The summed E-state index contributed by atoms with van der Waals surface area (Å²) in [4.78, 5) is 11.3. The molecule has 0 spiro atoms. The standard InChI is InChI=1S/C15H26O/c1-11-6-5-9-15(4)12(11)7-8-13(15)14(2,3)10-16/h10-13H,5-9H2,1-4H3. The van der Waals surface area contributed by atoms with Crippen molar-refractivity contribution in [1.29, 1.82) is 0 Å². The molecule has 0 bridgehead atoms. The molecule has 0 aromatic carbocycles. The molecule has 2 rings (SSSR count). The van der Waals surface area contributed by atoms with E-state index in [-0.39, 0.29) is 5.41 Å². The predicted molar refractivity (Wildman–Crippen MR) is 67.2 cm³/mol. The van der Waals surface area contributed by atoms with E-state index in [0.29, 0.717) is 11.3 Å². The summed E-state index contributed by atoms with van der Waals surface area (Å²) in [7, 11) is 0. The zero-order valence-electron chi connectivity index (χ0n) is 11.3. The van der Waals surface area contributed by atoms with Gasteiger partial charge in [-0.3, -0.25) is 0 Å². The number of carbonyl (C=O) groups excluding carboxylic acids is 1. The van der Waals surface area contributed by atoms with Gasteiger partial charge in [0.05, 0.1) is 0 Å². The van der Waals surface area contributed by atoms with Crippen LogP contribution in [0.3, 0.4) is 0 Å². The fourth-order valence-electron chi connectivity index (χ4n) is 4.87. The van der Waals surface area contributed by atoms with Crippen molar-refractivity contribution in [1.82, 2.24) is 0 Å². The van der Waals surface area contributed by atoms with Crippen LogP contribution >= 0.6 is 0 Å². The highest BCUT2D eigenvalue weighted by atomic mass is 16.1. The minimum absolute atomic E-state index is 0.124. The number of rotatable bonds is 2. The van der Waals surface area contributed by atoms with E-state index in [1.54, 1.807) is 0 Å². The van der Waals surface area contributed by atoms with Crippen LogP contribution in [0.25, 0.3) is 0 Å². The Hall–Kier alpha value is -0.330. The van der Waals surface area contributed by atoms with Crippen LogP contribution in [0.4, 0.5) is 0 Å². The van der Waals surface area contributed by atoms with Crippen molar-refractivity contribution >= 4 is 6.29 Å². The maximum absolute atomic E-state index is 11.3. The van der Waals surface area contributed by atoms with E-state index < -0.39 is 0 Å². The third kappa shape index (κ3) is 1.63. The maximum Gasteiger partial charge on any atom is 0.125 e. The van der Waals surface area contributed by atoms with Crippen molar-refractivity contribution in [3.8, 4) is 0 Å². The SMILES string of the molecule is CC1CCCC2(C)C1CCC2C(C)(C)C=O. The van der Waals surface area contributed by atoms with Crippen molar-refractivity contribution in [3.63, 3.8) is 0 Å². The number of carbonyl (C=O) groups is 1. The van der Waals surface area contributed by atoms with Gasteiger partial charge in [0.25, 0.3) is 0 Å². The Balaban J connectivity index is 2.28. The van der Waals surface area contributed by atoms with Crippen LogP contribution in [-0.4, -0.2) is 6.29 Å². The molecule has 0 saturated heterocycles. The Morgan fingerprint density at radius 3 is 2.56 bits per heavy atom. The first-order valence-electron chi connectivity index (χ1n) is 6.88. The van der Waals surface area contributed by atoms with Crippen LogP contribution in [0, 0.1) is 28.6 Å². The zero-order chi connectivity index (χ0) is 12.0. The second-order valence-corrected chi connectivity index (χ2v) is 7.05. The largest absolute Gasteiger partial charge is 0.303 e. The topological polar surface area (TPSA) is 17.1 Å². The molecule has 16 heavy (non-hydrogen) atoms. The Morgan fingerprint density at radius 2 is 1.94 bits per heavy atom. The van der Waals surface area contributed by atoms with Gasteiger partial charge >= 0.3 is 0 Å². The van der Waals surface area contributed by atoms with E-state index in [1.165, 1.54) is 38.4 Å². The summed E-state index contributed by atoms with van der Waals surface area (Å²) >= 11 is 0. The van der Waals surface area contributed by atoms with Gasteiger partial charge in [-0.05, 0) is 42.4 Å². The van der Waals surface area contributed by atoms with Gasteiger partial charge < -0.3 is 4.79 Å². The molecule has 0 radical (unpaired) electrons. The minimum atomic E-state index is -0.124. The first-order chi connectivity index (χ1) is 7.42. The van der Waals surface area contributed by atoms with Gasteiger partial charge in [0, 0.05) is 5.41 Å². The zero-order valence-corrected chi connectivity index (χ0v) is 11.3. The molecule has 0 aromatic rings. The van der Waals surface area contributed by atoms with Crippen LogP contribution in [0.15, 0.2) is 0 Å². The molecular weight excluding hydrogens is 196 g/mol. The lowest BCUT2D eigenvalue weighted by Crippen LogP contribution is -2.42. The summed E-state index contributed by atoms with van der Waals surface area (Å²) in [5.41, 5.74) is 0.308. The lowest BCUT2D eigenvalue weighted by atomic mass is 9.57. The number of hydrogen-bond donors (Lipinski definition) is 0. The molecule has 92 valence electrons. The highest BCUT2D eigenvalue weighted by Crippen LogP contribution is 2.61. The van der Waals surface area contributed by atoms with Gasteiger partial charge in [0.2, 0.25) is 0 Å². The van der Waals surface area contributed by atoms with Gasteiger partial charge in [-0.25, -0.2) is 0 Å². The van der Waals surface area contributed by atoms with Crippen molar-refractivity contribution in [2.45, 2.75) is 59.8 Å². The maximum atomic E-state index is 11.3. The fraction of sp³-hybridized carbons (Fsp3) is 0.933. The Kier molecular flexibility index (Phi) is 2.92. The molecule has 4 unspecified atom stereocenters. The second-order valence-electron chi connectivity index (χ2n) is 7.05. The molecule has 2 fully saturated rings. The molecule has 1 nitrogen and oxygen atoms in total. The van der Waals surface area contributed by atoms with Crippen LogP contribution in [0.5, 0.6) is 0 Å². The highest BCUT2D eigenvalue weighted by Gasteiger charge is 2.54. The quantitative estimate of drug-likeness (QED) is 0.644. The summed E-state index contributed by atoms with van der Waals surface area (Å²) in [5.74, 6) is 2.34. The molecular formula is C15H26O. The van der Waals surface area contributed by atoms with Crippen molar-refractivity contribution < 1.29 is 4.79 Å². The van der Waals surface area contributed by atoms with Crippen molar-refractivity contribution in [2.24, 2.45) is 28.6 Å². The van der Waals surface area contributed by atoms with E-state index in [0.717, 1.165) is 11.8 Å². The minimum Gasteiger partial charge on any atom is -0.303 e. The lowest BCUT2D eigenvalue weighted by molar-refractivity contribution is -0.120. The number of aldehydes is 1. The second kappa shape index (κ2) is 3.85. The van der Waals surface area contributed by atoms with E-state index in [4.69, 9.17) is 0 Å². The van der Waals surface area contributed by atoms with Gasteiger partial charge in [0.1, 0.15) is 6.29 Å². The van der Waals surface area contributed by atoms with Crippen molar-refractivity contribution in [2.75, 3.05) is 0 Å². The normalized spacial score (nSPS) is 44.1. The average Bonchev–Trinajstić information content (AvgIpc) is 2.57. The average molecular weight is 222 g/mol. The van der Waals surface area contributed by atoms with Crippen LogP contribution in [-0.2, 0) is 4.79 Å². The third-order valence-corrected chi connectivity index (χ3v) is 5.67. The van der Waals surface area contributed by atoms with E-state index in [2.05, 4.69) is 27.7 Å². The Bertz CT molecular complexity index is 281. The smallest absolute Gasteiger partial charge is 0.125 e. The number of fused-ring (bicyclic) bond motifs is 1. The molecule has 0 amide bonds. The predicted octanol–water partition coefficient (Wildman–Crippen LogP) is 4.06. The van der Waals surface area contributed by atoms with Crippen molar-refractivity contribution in [3.05, 3.63) is 0 Å². The molecule has 4 atom stereocenters. The molecule has 2 aliphatic carbocycles. The summed E-state index contributed by atoms with van der Waals surface area (Å²) in [6.45, 7) is 9.14. The monoisotopic (exact) mass is 222 g/mol. The van der Waals surface area contributed by atoms with E-state index in [9.17, 15) is 4.79 Å². The van der Waals surface area contributed by atoms with Gasteiger partial charge in [-0.1, -0.05) is 40.5 Å². The molecule has 1 heteroatoms. The van der Waals surface area contributed by atoms with Crippen LogP contribution in [0.2, 0.25) is 0 Å². The van der Waals surface area contributed by atoms with Crippen LogP contribution in [0.1, 0.15) is 59.8 Å². The lowest BCUT2D eigenvalue weighted by Gasteiger charge is -2.47. The van der Waals surface area contributed by atoms with Gasteiger partial charge in [-0.15, -0.1) is 0 Å². The fourth-order valence-corrected chi connectivity index (χ4v) is 4.87.